The highest BCUT2D eigenvalue weighted by Crippen LogP contribution is 2.09. The number of benzene rings is 1. The van der Waals surface area contributed by atoms with Gasteiger partial charge in [-0.05, 0) is 23.3 Å². The summed E-state index contributed by atoms with van der Waals surface area (Å²) in [5.74, 6) is -3.20. The van der Waals surface area contributed by atoms with Crippen molar-refractivity contribution < 1.29 is 24.9 Å². The molecule has 0 spiro atoms. The topological polar surface area (TPSA) is 94.8 Å². The van der Waals surface area contributed by atoms with Crippen molar-refractivity contribution in [2.75, 3.05) is 0 Å². The van der Waals surface area contributed by atoms with Gasteiger partial charge in [-0.15, -0.1) is 0 Å². The van der Waals surface area contributed by atoms with Crippen molar-refractivity contribution in [1.82, 2.24) is 0 Å². The van der Waals surface area contributed by atoms with Crippen LogP contribution in [-0.2, 0) is 9.59 Å². The Morgan fingerprint density at radius 1 is 0.941 bits per heavy atom. The fourth-order valence-electron chi connectivity index (χ4n) is 1.09. The molecule has 1 aromatic carbocycles. The first-order valence-electron chi connectivity index (χ1n) is 4.64. The van der Waals surface area contributed by atoms with Crippen molar-refractivity contribution in [3.8, 4) is 0 Å². The number of rotatable bonds is 4. The van der Waals surface area contributed by atoms with Gasteiger partial charge in [-0.1, -0.05) is 24.3 Å². The van der Waals surface area contributed by atoms with Gasteiger partial charge in [0, 0.05) is 6.08 Å². The molecule has 0 atom stereocenters. The third-order valence-corrected chi connectivity index (χ3v) is 1.88. The van der Waals surface area contributed by atoms with E-state index in [-0.39, 0.29) is 0 Å². The van der Waals surface area contributed by atoms with Crippen LogP contribution in [-0.4, -0.2) is 27.3 Å². The van der Waals surface area contributed by atoms with Gasteiger partial charge >= 0.3 is 11.9 Å². The summed E-state index contributed by atoms with van der Waals surface area (Å²) < 4.78 is 0. The van der Waals surface area contributed by atoms with E-state index >= 15 is 0 Å². The number of aliphatic hydroxyl groups is 1. The molecule has 5 heteroatoms. The molecule has 88 valence electrons. The Balaban J connectivity index is 2.85. The van der Waals surface area contributed by atoms with E-state index < -0.39 is 17.7 Å². The normalized spacial score (nSPS) is 11.6. The van der Waals surface area contributed by atoms with Crippen molar-refractivity contribution in [3.63, 3.8) is 0 Å². The van der Waals surface area contributed by atoms with E-state index in [1.807, 2.05) is 0 Å². The summed E-state index contributed by atoms with van der Waals surface area (Å²) in [5.41, 5.74) is 1.18. The summed E-state index contributed by atoms with van der Waals surface area (Å²) in [5, 5.41) is 25.9. The van der Waals surface area contributed by atoms with Gasteiger partial charge in [-0.3, -0.25) is 0 Å². The molecule has 5 nitrogen and oxygen atoms in total. The van der Waals surface area contributed by atoms with E-state index in [4.69, 9.17) is 15.3 Å². The number of aliphatic hydroxyl groups excluding tert-OH is 1. The molecule has 0 unspecified atom stereocenters. The molecule has 0 saturated carbocycles. The maximum absolute atomic E-state index is 10.4. The average Bonchev–Trinajstić information content (AvgIpc) is 2.28. The first-order chi connectivity index (χ1) is 7.99. The molecule has 0 heterocycles. The average molecular weight is 234 g/mol. The lowest BCUT2D eigenvalue weighted by Crippen LogP contribution is -1.98. The Morgan fingerprint density at radius 2 is 1.47 bits per heavy atom. The van der Waals surface area contributed by atoms with E-state index in [1.54, 1.807) is 24.3 Å². The molecule has 1 rings (SSSR count). The smallest absolute Gasteiger partial charge is 0.370 e. The van der Waals surface area contributed by atoms with Crippen LogP contribution in [0.1, 0.15) is 11.1 Å². The Morgan fingerprint density at radius 3 is 1.94 bits per heavy atom. The van der Waals surface area contributed by atoms with E-state index in [0.29, 0.717) is 11.1 Å². The third kappa shape index (κ3) is 4.21. The van der Waals surface area contributed by atoms with Crippen molar-refractivity contribution in [2.45, 2.75) is 0 Å². The number of carboxylic acids is 2. The highest BCUT2D eigenvalue weighted by molar-refractivity contribution is 5.89. The van der Waals surface area contributed by atoms with Crippen LogP contribution in [0.5, 0.6) is 0 Å². The van der Waals surface area contributed by atoms with Gasteiger partial charge in [0.2, 0.25) is 5.76 Å². The van der Waals surface area contributed by atoms with Crippen molar-refractivity contribution in [3.05, 3.63) is 47.2 Å². The lowest BCUT2D eigenvalue weighted by atomic mass is 10.1. The lowest BCUT2D eigenvalue weighted by molar-refractivity contribution is -0.135. The maximum atomic E-state index is 10.4. The first-order valence-corrected chi connectivity index (χ1v) is 4.64. The molecule has 0 aliphatic rings. The molecule has 3 N–H and O–H groups in total. The minimum absolute atomic E-state index is 0.511. The summed E-state index contributed by atoms with van der Waals surface area (Å²) in [4.78, 5) is 20.6. The van der Waals surface area contributed by atoms with Crippen LogP contribution in [0.3, 0.4) is 0 Å². The Hall–Kier alpha value is -2.56. The van der Waals surface area contributed by atoms with Crippen LogP contribution in [0.4, 0.5) is 0 Å². The number of hydrogen-bond donors (Lipinski definition) is 3. The quantitative estimate of drug-likeness (QED) is 0.545. The monoisotopic (exact) mass is 234 g/mol. The van der Waals surface area contributed by atoms with Gasteiger partial charge < -0.3 is 15.3 Å². The van der Waals surface area contributed by atoms with Crippen LogP contribution in [0.2, 0.25) is 0 Å². The summed E-state index contributed by atoms with van der Waals surface area (Å²) in [6, 6.07) is 6.36. The van der Waals surface area contributed by atoms with Gasteiger partial charge in [0.25, 0.3) is 0 Å². The fraction of sp³-hybridized carbons (Fsp3) is 0. The van der Waals surface area contributed by atoms with Crippen LogP contribution in [0.15, 0.2) is 36.1 Å². The number of carbonyl (C=O) groups is 2. The van der Waals surface area contributed by atoms with Gasteiger partial charge in [0.05, 0.1) is 0 Å². The fourth-order valence-corrected chi connectivity index (χ4v) is 1.09. The second kappa shape index (κ2) is 5.50. The summed E-state index contributed by atoms with van der Waals surface area (Å²) in [6.45, 7) is 0. The van der Waals surface area contributed by atoms with Crippen LogP contribution < -0.4 is 0 Å². The molecule has 0 fully saturated rings. The van der Waals surface area contributed by atoms with Crippen molar-refractivity contribution >= 4 is 24.1 Å². The zero-order valence-corrected chi connectivity index (χ0v) is 8.70. The number of hydrogen-bond acceptors (Lipinski definition) is 3. The molecule has 0 bridgehead atoms. The van der Waals surface area contributed by atoms with Crippen LogP contribution in [0.25, 0.3) is 12.2 Å². The molecular weight excluding hydrogens is 224 g/mol. The number of aliphatic carboxylic acids is 2. The molecule has 17 heavy (non-hydrogen) atoms. The molecule has 0 saturated heterocycles. The predicted molar refractivity (Wildman–Crippen MR) is 61.4 cm³/mol. The van der Waals surface area contributed by atoms with Crippen LogP contribution in [0, 0.1) is 0 Å². The van der Waals surface area contributed by atoms with E-state index in [2.05, 4.69) is 0 Å². The van der Waals surface area contributed by atoms with Crippen molar-refractivity contribution in [1.29, 1.82) is 0 Å². The summed E-state index contributed by atoms with van der Waals surface area (Å²) in [6.07, 6.45) is 3.51. The zero-order valence-electron chi connectivity index (χ0n) is 8.70. The molecule has 0 amide bonds. The van der Waals surface area contributed by atoms with Gasteiger partial charge in [0.1, 0.15) is 0 Å². The Labute approximate surface area is 96.9 Å². The molecule has 0 radical (unpaired) electrons. The number of carboxylic acid groups (broad SMARTS) is 2. The van der Waals surface area contributed by atoms with E-state index in [9.17, 15) is 9.59 Å². The van der Waals surface area contributed by atoms with Gasteiger partial charge in [-0.2, -0.15) is 0 Å². The highest BCUT2D eigenvalue weighted by atomic mass is 16.4. The molecule has 1 aromatic rings. The molecular formula is C12H10O5. The third-order valence-electron chi connectivity index (χ3n) is 1.88. The van der Waals surface area contributed by atoms with Crippen LogP contribution >= 0.6 is 0 Å². The highest BCUT2D eigenvalue weighted by Gasteiger charge is 2.02. The molecule has 0 aliphatic carbocycles. The Bertz CT molecular complexity index is 482. The SMILES string of the molecule is O=C(O)/C=C/c1ccc(/C=C(\O)C(=O)O)cc1. The van der Waals surface area contributed by atoms with E-state index in [0.717, 1.165) is 12.2 Å². The van der Waals surface area contributed by atoms with Gasteiger partial charge in [-0.25, -0.2) is 9.59 Å². The van der Waals surface area contributed by atoms with E-state index in [1.165, 1.54) is 6.08 Å². The Kier molecular flexibility index (Phi) is 4.05. The summed E-state index contributed by atoms with van der Waals surface area (Å²) in [7, 11) is 0. The first kappa shape index (κ1) is 12.5. The molecule has 0 aliphatic heterocycles. The zero-order chi connectivity index (χ0) is 12.8. The maximum Gasteiger partial charge on any atom is 0.370 e. The summed E-state index contributed by atoms with van der Waals surface area (Å²) >= 11 is 0. The minimum atomic E-state index is -1.40. The minimum Gasteiger partial charge on any atom is -0.502 e. The second-order valence-electron chi connectivity index (χ2n) is 3.17. The standard InChI is InChI=1S/C12H10O5/c13-10(12(16)17)7-9-3-1-8(2-4-9)5-6-11(14)15/h1-7,13H,(H,14,15)(H,16,17)/b6-5+,10-7-. The second-order valence-corrected chi connectivity index (χ2v) is 3.17. The van der Waals surface area contributed by atoms with Crippen molar-refractivity contribution in [2.24, 2.45) is 0 Å². The largest absolute Gasteiger partial charge is 0.502 e. The lowest BCUT2D eigenvalue weighted by Gasteiger charge is -1.96. The van der Waals surface area contributed by atoms with Gasteiger partial charge in [0.15, 0.2) is 0 Å². The molecule has 0 aromatic heterocycles. The predicted octanol–water partition coefficient (Wildman–Crippen LogP) is 1.77.